The Balaban J connectivity index is 0.00000363. The minimum atomic E-state index is 0. The summed E-state index contributed by atoms with van der Waals surface area (Å²) in [6.45, 7) is 1.79. The van der Waals surface area contributed by atoms with E-state index in [4.69, 9.17) is 9.47 Å². The van der Waals surface area contributed by atoms with Crippen molar-refractivity contribution in [1.29, 1.82) is 0 Å². The lowest BCUT2D eigenvalue weighted by atomic mass is 9.89. The number of amides is 1. The lowest BCUT2D eigenvalue weighted by Gasteiger charge is -2.21. The molecule has 7 nitrogen and oxygen atoms in total. The lowest BCUT2D eigenvalue weighted by Crippen LogP contribution is -2.42. The number of benzene rings is 1. The SMILES string of the molecule is CN=C(NCCNC(=O)C1CCCCC1)NCc1cccc(OC)c1OC1CCCC1.I. The molecule has 0 bridgehead atoms. The van der Waals surface area contributed by atoms with Gasteiger partial charge in [0.2, 0.25) is 5.91 Å². The molecule has 32 heavy (non-hydrogen) atoms. The average molecular weight is 559 g/mol. The largest absolute Gasteiger partial charge is 0.493 e. The Labute approximate surface area is 209 Å². The average Bonchev–Trinajstić information content (AvgIpc) is 3.33. The number of methoxy groups -OCH3 is 1. The molecule has 2 aliphatic carbocycles. The third kappa shape index (κ3) is 8.01. The number of carbonyl (C=O) groups excluding carboxylic acids is 1. The van der Waals surface area contributed by atoms with Gasteiger partial charge in [-0.05, 0) is 44.6 Å². The maximum Gasteiger partial charge on any atom is 0.223 e. The number of aliphatic imine (C=N–C) groups is 1. The zero-order valence-electron chi connectivity index (χ0n) is 19.5. The summed E-state index contributed by atoms with van der Waals surface area (Å²) in [6, 6.07) is 5.97. The molecule has 1 aromatic rings. The lowest BCUT2D eigenvalue weighted by molar-refractivity contribution is -0.125. The van der Waals surface area contributed by atoms with Crippen LogP contribution in [0.2, 0.25) is 0 Å². The molecular formula is C24H39IN4O3. The maximum atomic E-state index is 12.3. The summed E-state index contributed by atoms with van der Waals surface area (Å²) in [6.07, 6.45) is 10.5. The first kappa shape index (κ1) is 26.5. The molecule has 3 N–H and O–H groups in total. The van der Waals surface area contributed by atoms with E-state index in [2.05, 4.69) is 27.0 Å². The molecule has 2 saturated carbocycles. The standard InChI is InChI=1S/C24H38N4O3.HI/c1-25-24(27-16-15-26-23(29)18-9-4-3-5-10-18)28-17-19-11-8-14-21(30-2)22(19)31-20-12-6-7-13-20;/h8,11,14,18,20H,3-7,9-10,12-13,15-17H2,1-2H3,(H,26,29)(H2,25,27,28);1H. The van der Waals surface area contributed by atoms with E-state index < -0.39 is 0 Å². The van der Waals surface area contributed by atoms with Gasteiger partial charge in [-0.1, -0.05) is 31.4 Å². The van der Waals surface area contributed by atoms with Gasteiger partial charge < -0.3 is 25.4 Å². The van der Waals surface area contributed by atoms with Gasteiger partial charge in [0.25, 0.3) is 0 Å². The Morgan fingerprint density at radius 1 is 1.00 bits per heavy atom. The van der Waals surface area contributed by atoms with Gasteiger partial charge in [-0.2, -0.15) is 0 Å². The summed E-state index contributed by atoms with van der Waals surface area (Å²) < 4.78 is 11.8. The first-order chi connectivity index (χ1) is 15.2. The van der Waals surface area contributed by atoms with Crippen LogP contribution in [-0.4, -0.2) is 45.2 Å². The number of nitrogens with one attached hydrogen (secondary N) is 3. The number of hydrogen-bond donors (Lipinski definition) is 3. The van der Waals surface area contributed by atoms with Gasteiger partial charge in [0.15, 0.2) is 17.5 Å². The predicted molar refractivity (Wildman–Crippen MR) is 139 cm³/mol. The van der Waals surface area contributed by atoms with Crippen molar-refractivity contribution < 1.29 is 14.3 Å². The number of carbonyl (C=O) groups is 1. The van der Waals surface area contributed by atoms with Crippen LogP contribution in [0.25, 0.3) is 0 Å². The van der Waals surface area contributed by atoms with Crippen LogP contribution in [0, 0.1) is 5.92 Å². The van der Waals surface area contributed by atoms with Crippen molar-refractivity contribution in [3.63, 3.8) is 0 Å². The quantitative estimate of drug-likeness (QED) is 0.185. The highest BCUT2D eigenvalue weighted by Gasteiger charge is 2.21. The van der Waals surface area contributed by atoms with Crippen molar-refractivity contribution >= 4 is 35.8 Å². The van der Waals surface area contributed by atoms with Gasteiger partial charge in [-0.15, -0.1) is 24.0 Å². The highest BCUT2D eigenvalue weighted by Crippen LogP contribution is 2.34. The minimum absolute atomic E-state index is 0. The van der Waals surface area contributed by atoms with Gasteiger partial charge in [-0.3, -0.25) is 9.79 Å². The van der Waals surface area contributed by atoms with Gasteiger partial charge in [0, 0.05) is 38.2 Å². The van der Waals surface area contributed by atoms with Crippen molar-refractivity contribution in [3.8, 4) is 11.5 Å². The third-order valence-electron chi connectivity index (χ3n) is 6.23. The topological polar surface area (TPSA) is 84.0 Å². The second-order valence-electron chi connectivity index (χ2n) is 8.45. The van der Waals surface area contributed by atoms with Crippen molar-refractivity contribution in [3.05, 3.63) is 23.8 Å². The molecule has 0 spiro atoms. The Morgan fingerprint density at radius 2 is 1.69 bits per heavy atom. The van der Waals surface area contributed by atoms with Crippen molar-refractivity contribution in [2.45, 2.75) is 70.4 Å². The van der Waals surface area contributed by atoms with Crippen LogP contribution in [0.1, 0.15) is 63.4 Å². The first-order valence-electron chi connectivity index (χ1n) is 11.8. The van der Waals surface area contributed by atoms with E-state index in [9.17, 15) is 4.79 Å². The fraction of sp³-hybridized carbons (Fsp3) is 0.667. The number of para-hydroxylation sites is 1. The van der Waals surface area contributed by atoms with E-state index in [0.717, 1.165) is 42.7 Å². The summed E-state index contributed by atoms with van der Waals surface area (Å²) in [5, 5.41) is 9.67. The molecule has 2 aliphatic rings. The fourth-order valence-corrected chi connectivity index (χ4v) is 4.44. The molecule has 3 rings (SSSR count). The summed E-state index contributed by atoms with van der Waals surface area (Å²) in [4.78, 5) is 16.5. The first-order valence-corrected chi connectivity index (χ1v) is 11.8. The Hall–Kier alpha value is -1.71. The second-order valence-corrected chi connectivity index (χ2v) is 8.45. The highest BCUT2D eigenvalue weighted by atomic mass is 127. The molecule has 0 radical (unpaired) electrons. The number of ether oxygens (including phenoxy) is 2. The van der Waals surface area contributed by atoms with Crippen LogP contribution >= 0.6 is 24.0 Å². The number of rotatable bonds is 9. The molecule has 0 saturated heterocycles. The van der Waals surface area contributed by atoms with E-state index in [-0.39, 0.29) is 41.9 Å². The van der Waals surface area contributed by atoms with Gasteiger partial charge in [0.1, 0.15) is 0 Å². The van der Waals surface area contributed by atoms with Crippen LogP contribution in [0.3, 0.4) is 0 Å². The van der Waals surface area contributed by atoms with Gasteiger partial charge >= 0.3 is 0 Å². The van der Waals surface area contributed by atoms with Crippen LogP contribution < -0.4 is 25.4 Å². The summed E-state index contributed by atoms with van der Waals surface area (Å²) in [5.74, 6) is 2.66. The maximum absolute atomic E-state index is 12.3. The van der Waals surface area contributed by atoms with Gasteiger partial charge in [-0.25, -0.2) is 0 Å². The zero-order chi connectivity index (χ0) is 21.9. The van der Waals surface area contributed by atoms with Crippen molar-refractivity contribution in [2.75, 3.05) is 27.2 Å². The molecule has 8 heteroatoms. The molecule has 0 aliphatic heterocycles. The number of guanidine groups is 1. The summed E-state index contributed by atoms with van der Waals surface area (Å²) in [7, 11) is 3.42. The second kappa shape index (κ2) is 14.4. The number of nitrogens with zero attached hydrogens (tertiary/aromatic N) is 1. The third-order valence-corrected chi connectivity index (χ3v) is 6.23. The molecule has 0 aromatic heterocycles. The molecule has 0 atom stereocenters. The molecule has 0 unspecified atom stereocenters. The monoisotopic (exact) mass is 558 g/mol. The van der Waals surface area contributed by atoms with E-state index in [1.54, 1.807) is 14.2 Å². The van der Waals surface area contributed by atoms with Crippen LogP contribution in [0.5, 0.6) is 11.5 Å². The van der Waals surface area contributed by atoms with Crippen molar-refractivity contribution in [1.82, 2.24) is 16.0 Å². The Bertz CT molecular complexity index is 732. The predicted octanol–water partition coefficient (Wildman–Crippen LogP) is 4.00. The zero-order valence-corrected chi connectivity index (χ0v) is 21.8. The van der Waals surface area contributed by atoms with Crippen LogP contribution in [0.4, 0.5) is 0 Å². The van der Waals surface area contributed by atoms with E-state index >= 15 is 0 Å². The Morgan fingerprint density at radius 3 is 2.38 bits per heavy atom. The molecular weight excluding hydrogens is 519 g/mol. The minimum Gasteiger partial charge on any atom is -0.493 e. The molecule has 1 aromatic carbocycles. The molecule has 0 heterocycles. The summed E-state index contributed by atoms with van der Waals surface area (Å²) >= 11 is 0. The van der Waals surface area contributed by atoms with E-state index in [1.807, 2.05) is 12.1 Å². The summed E-state index contributed by atoms with van der Waals surface area (Å²) in [5.41, 5.74) is 1.04. The Kier molecular flexibility index (Phi) is 12.0. The number of hydrogen-bond acceptors (Lipinski definition) is 4. The van der Waals surface area contributed by atoms with Crippen LogP contribution in [0.15, 0.2) is 23.2 Å². The normalized spacial score (nSPS) is 17.4. The molecule has 2 fully saturated rings. The smallest absolute Gasteiger partial charge is 0.223 e. The highest BCUT2D eigenvalue weighted by molar-refractivity contribution is 14.0. The number of halogens is 1. The molecule has 1 amide bonds. The molecule has 180 valence electrons. The van der Waals surface area contributed by atoms with Crippen molar-refractivity contribution in [2.24, 2.45) is 10.9 Å². The van der Waals surface area contributed by atoms with Crippen LogP contribution in [-0.2, 0) is 11.3 Å². The van der Waals surface area contributed by atoms with E-state index in [1.165, 1.54) is 32.1 Å². The van der Waals surface area contributed by atoms with Gasteiger partial charge in [0.05, 0.1) is 13.2 Å². The van der Waals surface area contributed by atoms with E-state index in [0.29, 0.717) is 25.6 Å². The fourth-order valence-electron chi connectivity index (χ4n) is 4.44.